The molecule has 0 bridgehead atoms. The first-order valence-electron chi connectivity index (χ1n) is 7.24. The lowest BCUT2D eigenvalue weighted by molar-refractivity contribution is -0.144. The van der Waals surface area contributed by atoms with Crippen LogP contribution in [-0.4, -0.2) is 58.5 Å². The maximum Gasteiger partial charge on any atom is 0.245 e. The minimum absolute atomic E-state index is 0.0602. The average Bonchev–Trinajstić information content (AvgIpc) is 2.98. The minimum Gasteiger partial charge on any atom is -0.377 e. The molecule has 1 aliphatic rings. The summed E-state index contributed by atoms with van der Waals surface area (Å²) in [5.41, 5.74) is 0.823. The zero-order valence-corrected chi connectivity index (χ0v) is 12.5. The number of imidazole rings is 1. The fourth-order valence-corrected chi connectivity index (χ4v) is 2.55. The molecular weight excluding hydrogens is 272 g/mol. The van der Waals surface area contributed by atoms with Crippen LogP contribution in [0, 0.1) is 0 Å². The number of ether oxygens (including phenoxy) is 1. The van der Waals surface area contributed by atoms with Crippen LogP contribution >= 0.6 is 0 Å². The van der Waals surface area contributed by atoms with E-state index in [2.05, 4.69) is 15.3 Å². The number of carbonyl (C=O) groups is 2. The lowest BCUT2D eigenvalue weighted by Gasteiger charge is -2.37. The van der Waals surface area contributed by atoms with E-state index in [1.54, 1.807) is 12.5 Å². The van der Waals surface area contributed by atoms with Gasteiger partial charge in [0.2, 0.25) is 11.8 Å². The van der Waals surface area contributed by atoms with Crippen molar-refractivity contribution in [3.8, 4) is 0 Å². The Hall–Kier alpha value is -1.89. The van der Waals surface area contributed by atoms with Gasteiger partial charge in [0.05, 0.1) is 25.6 Å². The molecule has 0 aliphatic carbocycles. The number of hydrogen-bond donors (Lipinski definition) is 2. The van der Waals surface area contributed by atoms with Gasteiger partial charge < -0.3 is 19.9 Å². The molecule has 2 N–H and O–H groups in total. The van der Waals surface area contributed by atoms with Gasteiger partial charge in [-0.05, 0) is 6.42 Å². The Bertz CT molecular complexity index is 475. The van der Waals surface area contributed by atoms with Gasteiger partial charge in [-0.1, -0.05) is 6.92 Å². The van der Waals surface area contributed by atoms with Crippen molar-refractivity contribution in [3.05, 3.63) is 18.2 Å². The number of aromatic amines is 1. The van der Waals surface area contributed by atoms with Crippen molar-refractivity contribution in [3.63, 3.8) is 0 Å². The van der Waals surface area contributed by atoms with Crippen molar-refractivity contribution in [2.24, 2.45) is 0 Å². The summed E-state index contributed by atoms with van der Waals surface area (Å²) in [7, 11) is 0. The summed E-state index contributed by atoms with van der Waals surface area (Å²) in [4.78, 5) is 32.9. The molecule has 2 atom stereocenters. The van der Waals surface area contributed by atoms with E-state index in [0.29, 0.717) is 26.2 Å². The van der Waals surface area contributed by atoms with Crippen molar-refractivity contribution < 1.29 is 14.3 Å². The van der Waals surface area contributed by atoms with Gasteiger partial charge >= 0.3 is 0 Å². The molecule has 116 valence electrons. The fraction of sp³-hybridized carbons (Fsp3) is 0.643. The second-order valence-electron chi connectivity index (χ2n) is 5.20. The van der Waals surface area contributed by atoms with Gasteiger partial charge in [0.1, 0.15) is 6.04 Å². The molecule has 21 heavy (non-hydrogen) atoms. The summed E-state index contributed by atoms with van der Waals surface area (Å²) in [5, 5.41) is 2.74. The van der Waals surface area contributed by atoms with E-state index in [-0.39, 0.29) is 17.9 Å². The lowest BCUT2D eigenvalue weighted by Crippen LogP contribution is -2.56. The van der Waals surface area contributed by atoms with E-state index in [9.17, 15) is 9.59 Å². The molecule has 2 heterocycles. The molecule has 0 spiro atoms. The Labute approximate surface area is 124 Å². The van der Waals surface area contributed by atoms with Crippen LogP contribution in [0.25, 0.3) is 0 Å². The minimum atomic E-state index is -0.574. The van der Waals surface area contributed by atoms with Crippen molar-refractivity contribution in [1.82, 2.24) is 20.2 Å². The maximum atomic E-state index is 12.8. The normalized spacial score (nSPS) is 20.1. The molecule has 1 fully saturated rings. The molecule has 1 saturated heterocycles. The summed E-state index contributed by atoms with van der Waals surface area (Å²) in [6.45, 7) is 5.11. The molecule has 0 aromatic carbocycles. The van der Waals surface area contributed by atoms with E-state index in [4.69, 9.17) is 4.74 Å². The third-order valence-corrected chi connectivity index (χ3v) is 3.64. The van der Waals surface area contributed by atoms with Crippen LogP contribution in [0.5, 0.6) is 0 Å². The van der Waals surface area contributed by atoms with Crippen LogP contribution in [0.15, 0.2) is 12.5 Å². The Morgan fingerprint density at radius 3 is 3.05 bits per heavy atom. The molecule has 0 saturated carbocycles. The smallest absolute Gasteiger partial charge is 0.245 e. The highest BCUT2D eigenvalue weighted by atomic mass is 16.5. The van der Waals surface area contributed by atoms with Gasteiger partial charge in [0, 0.05) is 31.8 Å². The van der Waals surface area contributed by atoms with Crippen LogP contribution in [0.1, 0.15) is 26.0 Å². The Kier molecular flexibility index (Phi) is 5.32. The van der Waals surface area contributed by atoms with Crippen LogP contribution in [-0.2, 0) is 20.7 Å². The maximum absolute atomic E-state index is 12.8. The molecule has 1 aromatic rings. The SMILES string of the molecule is CC[C@H]1COCCN1C(=O)[C@H](Cc1cnc[nH]1)NC(C)=O. The predicted molar refractivity (Wildman–Crippen MR) is 76.5 cm³/mol. The predicted octanol–water partition coefficient (Wildman–Crippen LogP) is 0.0943. The number of rotatable bonds is 5. The summed E-state index contributed by atoms with van der Waals surface area (Å²) >= 11 is 0. The van der Waals surface area contributed by atoms with Crippen LogP contribution < -0.4 is 5.32 Å². The summed E-state index contributed by atoms with van der Waals surface area (Å²) in [5.74, 6) is -0.274. The largest absolute Gasteiger partial charge is 0.377 e. The van der Waals surface area contributed by atoms with Crippen LogP contribution in [0.4, 0.5) is 0 Å². The standard InChI is InChI=1S/C14H22N4O3/c1-3-12-8-21-5-4-18(12)14(20)13(17-10(2)19)6-11-7-15-9-16-11/h7,9,12-13H,3-6,8H2,1-2H3,(H,15,16)(H,17,19)/t12-,13-/m0/s1. The van der Waals surface area contributed by atoms with E-state index >= 15 is 0 Å². The summed E-state index contributed by atoms with van der Waals surface area (Å²) < 4.78 is 5.42. The molecule has 7 nitrogen and oxygen atoms in total. The number of H-pyrrole nitrogens is 1. The van der Waals surface area contributed by atoms with Crippen LogP contribution in [0.3, 0.4) is 0 Å². The topological polar surface area (TPSA) is 87.3 Å². The lowest BCUT2D eigenvalue weighted by atomic mass is 10.1. The highest BCUT2D eigenvalue weighted by Crippen LogP contribution is 2.13. The van der Waals surface area contributed by atoms with Gasteiger partial charge in [-0.25, -0.2) is 4.98 Å². The highest BCUT2D eigenvalue weighted by molar-refractivity contribution is 5.87. The number of carbonyl (C=O) groups excluding carboxylic acids is 2. The zero-order chi connectivity index (χ0) is 15.2. The first-order chi connectivity index (χ1) is 10.1. The molecule has 7 heteroatoms. The summed E-state index contributed by atoms with van der Waals surface area (Å²) in [6, 6.07) is -0.501. The second-order valence-corrected chi connectivity index (χ2v) is 5.20. The number of aromatic nitrogens is 2. The van der Waals surface area contributed by atoms with Gasteiger partial charge in [-0.3, -0.25) is 9.59 Å². The average molecular weight is 294 g/mol. The van der Waals surface area contributed by atoms with Gasteiger partial charge in [-0.2, -0.15) is 0 Å². The first kappa shape index (κ1) is 15.5. The number of morpholine rings is 1. The van der Waals surface area contributed by atoms with E-state index < -0.39 is 6.04 Å². The molecule has 2 amide bonds. The monoisotopic (exact) mass is 294 g/mol. The molecule has 0 unspecified atom stereocenters. The Morgan fingerprint density at radius 2 is 2.43 bits per heavy atom. The third kappa shape index (κ3) is 4.04. The molecule has 0 radical (unpaired) electrons. The number of nitrogens with zero attached hydrogens (tertiary/aromatic N) is 2. The molecule has 1 aromatic heterocycles. The number of amides is 2. The van der Waals surface area contributed by atoms with Crippen molar-refractivity contribution in [1.29, 1.82) is 0 Å². The van der Waals surface area contributed by atoms with Crippen molar-refractivity contribution >= 4 is 11.8 Å². The van der Waals surface area contributed by atoms with Crippen LogP contribution in [0.2, 0.25) is 0 Å². The molecule has 1 aliphatic heterocycles. The van der Waals surface area contributed by atoms with Crippen molar-refractivity contribution in [2.75, 3.05) is 19.8 Å². The first-order valence-corrected chi connectivity index (χ1v) is 7.24. The van der Waals surface area contributed by atoms with Gasteiger partial charge in [0.25, 0.3) is 0 Å². The number of hydrogen-bond acceptors (Lipinski definition) is 4. The van der Waals surface area contributed by atoms with E-state index in [0.717, 1.165) is 12.1 Å². The van der Waals surface area contributed by atoms with Crippen molar-refractivity contribution in [2.45, 2.75) is 38.8 Å². The zero-order valence-electron chi connectivity index (χ0n) is 12.5. The summed E-state index contributed by atoms with van der Waals surface area (Å²) in [6.07, 6.45) is 4.47. The Morgan fingerprint density at radius 1 is 1.62 bits per heavy atom. The van der Waals surface area contributed by atoms with E-state index in [1.807, 2.05) is 11.8 Å². The third-order valence-electron chi connectivity index (χ3n) is 3.64. The fourth-order valence-electron chi connectivity index (χ4n) is 2.55. The van der Waals surface area contributed by atoms with E-state index in [1.165, 1.54) is 6.92 Å². The second kappa shape index (κ2) is 7.21. The molecule has 2 rings (SSSR count). The van der Waals surface area contributed by atoms with Gasteiger partial charge in [0.15, 0.2) is 0 Å². The Balaban J connectivity index is 2.10. The molecular formula is C14H22N4O3. The quantitative estimate of drug-likeness (QED) is 0.806. The van der Waals surface area contributed by atoms with Gasteiger partial charge in [-0.15, -0.1) is 0 Å². The highest BCUT2D eigenvalue weighted by Gasteiger charge is 2.31. The number of nitrogens with one attached hydrogen (secondary N) is 2.